The third-order valence-electron chi connectivity index (χ3n) is 7.14. The molecular weight excluding hydrogens is 548 g/mol. The summed E-state index contributed by atoms with van der Waals surface area (Å²) in [5, 5.41) is 2.35. The summed E-state index contributed by atoms with van der Waals surface area (Å²) < 4.78 is 11.8. The topological polar surface area (TPSA) is 84.9 Å². The zero-order valence-corrected chi connectivity index (χ0v) is 23.4. The lowest BCUT2D eigenvalue weighted by Crippen LogP contribution is -2.70. The zero-order valence-electron chi connectivity index (χ0n) is 22.6. The van der Waals surface area contributed by atoms with Gasteiger partial charge < -0.3 is 14.8 Å². The third-order valence-corrected chi connectivity index (χ3v) is 8.42. The van der Waals surface area contributed by atoms with E-state index in [0.29, 0.717) is 17.1 Å². The Morgan fingerprint density at radius 2 is 1.36 bits per heavy atom. The molecule has 0 saturated carbocycles. The Bertz CT molecular complexity index is 1560. The lowest BCUT2D eigenvalue weighted by molar-refractivity contribution is -0.154. The average molecular weight is 577 g/mol. The van der Waals surface area contributed by atoms with Crippen LogP contribution in [-0.2, 0) is 19.1 Å². The van der Waals surface area contributed by atoms with Crippen molar-refractivity contribution in [2.45, 2.75) is 17.5 Å². The third kappa shape index (κ3) is 5.66. The fraction of sp³-hybridized carbons (Fsp3) is 0.147. The minimum atomic E-state index is -0.777. The van der Waals surface area contributed by atoms with E-state index < -0.39 is 29.4 Å². The Morgan fingerprint density at radius 3 is 1.95 bits per heavy atom. The van der Waals surface area contributed by atoms with Crippen LogP contribution in [0.15, 0.2) is 127 Å². The Labute approximate surface area is 248 Å². The second-order valence-corrected chi connectivity index (χ2v) is 11.0. The smallest absolute Gasteiger partial charge is 0.356 e. The molecule has 7 nitrogen and oxygen atoms in total. The summed E-state index contributed by atoms with van der Waals surface area (Å²) in [4.78, 5) is 41.8. The Balaban J connectivity index is 1.26. The molecule has 0 bridgehead atoms. The van der Waals surface area contributed by atoms with E-state index in [1.807, 2.05) is 109 Å². The number of amides is 2. The Hall–Kier alpha value is -4.82. The lowest BCUT2D eigenvalue weighted by Gasteiger charge is -2.49. The second-order valence-electron chi connectivity index (χ2n) is 9.86. The summed E-state index contributed by atoms with van der Waals surface area (Å²) in [7, 11) is 0. The van der Waals surface area contributed by atoms with E-state index in [1.165, 1.54) is 16.7 Å². The Kier molecular flexibility index (Phi) is 8.05. The molecule has 2 aliphatic heterocycles. The molecule has 1 fully saturated rings. The number of β-lactam (4-membered cyclic amide) rings is 1. The molecule has 2 atom stereocenters. The molecule has 0 unspecified atom stereocenters. The van der Waals surface area contributed by atoms with Gasteiger partial charge in [0.1, 0.15) is 22.9 Å². The van der Waals surface area contributed by atoms with Crippen molar-refractivity contribution in [2.24, 2.45) is 0 Å². The fourth-order valence-corrected chi connectivity index (χ4v) is 6.47. The summed E-state index contributed by atoms with van der Waals surface area (Å²) in [6.07, 6.45) is -0.667. The van der Waals surface area contributed by atoms with Crippen LogP contribution in [0.4, 0.5) is 0 Å². The molecule has 1 saturated heterocycles. The molecule has 8 heteroatoms. The molecule has 210 valence electrons. The maximum Gasteiger partial charge on any atom is 0.356 e. The van der Waals surface area contributed by atoms with Crippen molar-refractivity contribution >= 4 is 35.1 Å². The Morgan fingerprint density at radius 1 is 0.810 bits per heavy atom. The van der Waals surface area contributed by atoms with E-state index >= 15 is 0 Å². The number of benzene rings is 4. The SMILES string of the molecule is O=C(COc1ccccc1)N[C@@H]1C(=O)N2C(C(=O)OC(c3ccccc3)c3ccccc3)=C(c3ccccc3)CS[C@H]12. The standard InChI is InChI=1S/C34H28N2O5S/c37-28(21-40-26-19-11-4-12-20-26)35-29-32(38)36-30(27(22-42-33(29)36)23-13-5-1-6-14-23)34(39)41-31(24-15-7-2-8-16-24)25-17-9-3-10-18-25/h1-20,29,31,33H,21-22H2,(H,35,37)/t29-,33-/m1/s1. The maximum atomic E-state index is 14.1. The van der Waals surface area contributed by atoms with Crippen molar-refractivity contribution in [3.63, 3.8) is 0 Å². The highest BCUT2D eigenvalue weighted by molar-refractivity contribution is 8.00. The van der Waals surface area contributed by atoms with Gasteiger partial charge in [-0.2, -0.15) is 0 Å². The van der Waals surface area contributed by atoms with Crippen molar-refractivity contribution < 1.29 is 23.9 Å². The van der Waals surface area contributed by atoms with Gasteiger partial charge in [0.2, 0.25) is 0 Å². The molecule has 0 aliphatic carbocycles. The van der Waals surface area contributed by atoms with Crippen LogP contribution in [-0.4, -0.2) is 46.5 Å². The molecule has 0 spiro atoms. The summed E-state index contributed by atoms with van der Waals surface area (Å²) in [6, 6.07) is 36.8. The molecule has 1 N–H and O–H groups in total. The van der Waals surface area contributed by atoms with Gasteiger partial charge in [-0.15, -0.1) is 11.8 Å². The summed E-state index contributed by atoms with van der Waals surface area (Å²) in [5.41, 5.74) is 3.39. The van der Waals surface area contributed by atoms with Gasteiger partial charge in [0.25, 0.3) is 11.8 Å². The van der Waals surface area contributed by atoms with Gasteiger partial charge in [0.05, 0.1) is 0 Å². The van der Waals surface area contributed by atoms with E-state index in [0.717, 1.165) is 16.7 Å². The number of esters is 1. The highest BCUT2D eigenvalue weighted by atomic mass is 32.2. The summed E-state index contributed by atoms with van der Waals surface area (Å²) in [6.45, 7) is -0.221. The van der Waals surface area contributed by atoms with Crippen LogP contribution >= 0.6 is 11.8 Å². The van der Waals surface area contributed by atoms with E-state index in [1.54, 1.807) is 12.1 Å². The molecule has 4 aromatic rings. The summed E-state index contributed by atoms with van der Waals surface area (Å²) in [5.74, 6) is -0.336. The van der Waals surface area contributed by atoms with Crippen molar-refractivity contribution in [1.29, 1.82) is 0 Å². The normalized spacial score (nSPS) is 17.7. The number of fused-ring (bicyclic) bond motifs is 1. The largest absolute Gasteiger partial charge is 0.484 e. The highest BCUT2D eigenvalue weighted by Crippen LogP contribution is 2.44. The number of hydrogen-bond donors (Lipinski definition) is 1. The van der Waals surface area contributed by atoms with Gasteiger partial charge in [-0.05, 0) is 28.8 Å². The average Bonchev–Trinajstić information content (AvgIpc) is 3.06. The number of nitrogens with one attached hydrogen (secondary N) is 1. The van der Waals surface area contributed by atoms with Gasteiger partial charge in [-0.3, -0.25) is 14.5 Å². The first kappa shape index (κ1) is 27.4. The van der Waals surface area contributed by atoms with Crippen LogP contribution in [0.1, 0.15) is 22.8 Å². The number of carbonyl (C=O) groups is 3. The highest BCUT2D eigenvalue weighted by Gasteiger charge is 2.54. The fourth-order valence-electron chi connectivity index (χ4n) is 5.10. The van der Waals surface area contributed by atoms with Crippen LogP contribution in [0.2, 0.25) is 0 Å². The predicted octanol–water partition coefficient (Wildman–Crippen LogP) is 5.21. The minimum absolute atomic E-state index is 0.206. The van der Waals surface area contributed by atoms with Gasteiger partial charge in [-0.25, -0.2) is 4.79 Å². The molecule has 42 heavy (non-hydrogen) atoms. The number of para-hydroxylation sites is 1. The maximum absolute atomic E-state index is 14.1. The van der Waals surface area contributed by atoms with Crippen molar-refractivity contribution in [2.75, 3.05) is 12.4 Å². The first-order valence-corrected chi connectivity index (χ1v) is 14.7. The van der Waals surface area contributed by atoms with Crippen LogP contribution in [0.3, 0.4) is 0 Å². The molecule has 2 heterocycles. The van der Waals surface area contributed by atoms with Crippen molar-refractivity contribution in [3.8, 4) is 5.75 Å². The molecule has 2 amide bonds. The molecule has 4 aromatic carbocycles. The number of nitrogens with zero attached hydrogens (tertiary/aromatic N) is 1. The van der Waals surface area contributed by atoms with Crippen LogP contribution in [0.25, 0.3) is 5.57 Å². The zero-order chi connectivity index (χ0) is 28.9. The molecule has 0 radical (unpaired) electrons. The molecule has 2 aliphatic rings. The van der Waals surface area contributed by atoms with Gasteiger partial charge in [0, 0.05) is 11.3 Å². The van der Waals surface area contributed by atoms with Crippen LogP contribution < -0.4 is 10.1 Å². The first-order chi connectivity index (χ1) is 20.6. The molecule has 0 aromatic heterocycles. The van der Waals surface area contributed by atoms with Crippen molar-refractivity contribution in [3.05, 3.63) is 144 Å². The quantitative estimate of drug-likeness (QED) is 0.218. The molecule has 6 rings (SSSR count). The van der Waals surface area contributed by atoms with Gasteiger partial charge in [-0.1, -0.05) is 109 Å². The van der Waals surface area contributed by atoms with Gasteiger partial charge >= 0.3 is 5.97 Å². The van der Waals surface area contributed by atoms with Crippen LogP contribution in [0, 0.1) is 0 Å². The monoisotopic (exact) mass is 576 g/mol. The number of rotatable bonds is 9. The lowest BCUT2D eigenvalue weighted by atomic mass is 9.98. The van der Waals surface area contributed by atoms with E-state index in [4.69, 9.17) is 9.47 Å². The number of hydrogen-bond acceptors (Lipinski definition) is 6. The predicted molar refractivity (Wildman–Crippen MR) is 161 cm³/mol. The van der Waals surface area contributed by atoms with E-state index in [-0.39, 0.29) is 18.2 Å². The van der Waals surface area contributed by atoms with Gasteiger partial charge in [0.15, 0.2) is 12.7 Å². The number of thioether (sulfide) groups is 1. The van der Waals surface area contributed by atoms with Crippen molar-refractivity contribution in [1.82, 2.24) is 10.2 Å². The summed E-state index contributed by atoms with van der Waals surface area (Å²) >= 11 is 1.50. The molecular formula is C34H28N2O5S. The first-order valence-electron chi connectivity index (χ1n) is 13.6. The second kappa shape index (κ2) is 12.4. The number of carbonyl (C=O) groups excluding carboxylic acids is 3. The van der Waals surface area contributed by atoms with E-state index in [9.17, 15) is 14.4 Å². The number of ether oxygens (including phenoxy) is 2. The minimum Gasteiger partial charge on any atom is -0.484 e. The van der Waals surface area contributed by atoms with Crippen LogP contribution in [0.5, 0.6) is 5.75 Å². The van der Waals surface area contributed by atoms with E-state index in [2.05, 4.69) is 5.32 Å².